The fourth-order valence-electron chi connectivity index (χ4n) is 1.69. The number of rotatable bonds is 5. The van der Waals surface area contributed by atoms with Crippen LogP contribution in [0.15, 0.2) is 35.9 Å². The number of carbonyl (C=O) groups is 2. The van der Waals surface area contributed by atoms with Crippen LogP contribution >= 0.6 is 0 Å². The predicted molar refractivity (Wildman–Crippen MR) is 63.5 cm³/mol. The molecule has 4 heteroatoms. The van der Waals surface area contributed by atoms with Crippen LogP contribution in [0, 0.1) is 0 Å². The maximum Gasteiger partial charge on any atom is 0.332 e. The normalized spacial score (nSPS) is 11.8. The lowest BCUT2D eigenvalue weighted by atomic mass is 9.96. The molecule has 0 aliphatic heterocycles. The molecular formula is C13H14O4. The van der Waals surface area contributed by atoms with Gasteiger partial charge < -0.3 is 10.2 Å². The minimum atomic E-state index is -1.17. The number of aliphatic carboxylic acids is 2. The molecule has 0 unspecified atom stereocenters. The summed E-state index contributed by atoms with van der Waals surface area (Å²) in [6.45, 7) is 1.81. The largest absolute Gasteiger partial charge is 0.481 e. The molecule has 0 atom stereocenters. The molecule has 0 saturated carbocycles. The lowest BCUT2D eigenvalue weighted by Crippen LogP contribution is -2.09. The fourth-order valence-corrected chi connectivity index (χ4v) is 1.69. The van der Waals surface area contributed by atoms with Crippen LogP contribution < -0.4 is 0 Å². The molecule has 90 valence electrons. The third-order valence-electron chi connectivity index (χ3n) is 2.43. The summed E-state index contributed by atoms with van der Waals surface area (Å²) in [5, 5.41) is 17.8. The third kappa shape index (κ3) is 3.45. The van der Waals surface area contributed by atoms with Crippen LogP contribution in [0.3, 0.4) is 0 Å². The molecule has 4 nitrogen and oxygen atoms in total. The van der Waals surface area contributed by atoms with E-state index >= 15 is 0 Å². The highest BCUT2D eigenvalue weighted by molar-refractivity contribution is 6.00. The number of carboxylic acid groups (broad SMARTS) is 2. The average molecular weight is 234 g/mol. The quantitative estimate of drug-likeness (QED) is 0.767. The Bertz CT molecular complexity index is 446. The molecule has 0 fully saturated rings. The summed E-state index contributed by atoms with van der Waals surface area (Å²) in [5.41, 5.74) is 1.28. The Morgan fingerprint density at radius 2 is 1.71 bits per heavy atom. The number of benzene rings is 1. The lowest BCUT2D eigenvalue weighted by molar-refractivity contribution is -0.139. The predicted octanol–water partition coefficient (Wildman–Crippen LogP) is 2.41. The van der Waals surface area contributed by atoms with Gasteiger partial charge in [-0.2, -0.15) is 0 Å². The van der Waals surface area contributed by atoms with Crippen LogP contribution in [-0.4, -0.2) is 22.2 Å². The van der Waals surface area contributed by atoms with Gasteiger partial charge in [0, 0.05) is 0 Å². The van der Waals surface area contributed by atoms with Crippen molar-refractivity contribution < 1.29 is 19.8 Å². The van der Waals surface area contributed by atoms with Gasteiger partial charge >= 0.3 is 11.9 Å². The van der Waals surface area contributed by atoms with Crippen LogP contribution in [0.1, 0.15) is 25.3 Å². The first kappa shape index (κ1) is 13.0. The van der Waals surface area contributed by atoms with Crippen molar-refractivity contribution in [1.82, 2.24) is 0 Å². The fraction of sp³-hybridized carbons (Fsp3) is 0.231. The van der Waals surface area contributed by atoms with Gasteiger partial charge in [0.05, 0.1) is 12.0 Å². The number of hydrogen-bond donors (Lipinski definition) is 2. The van der Waals surface area contributed by atoms with Crippen molar-refractivity contribution in [3.63, 3.8) is 0 Å². The van der Waals surface area contributed by atoms with E-state index in [0.29, 0.717) is 12.0 Å². The molecule has 0 aliphatic rings. The zero-order valence-electron chi connectivity index (χ0n) is 9.51. The third-order valence-corrected chi connectivity index (χ3v) is 2.43. The Balaban J connectivity index is 3.26. The highest BCUT2D eigenvalue weighted by atomic mass is 16.4. The lowest BCUT2D eigenvalue weighted by Gasteiger charge is -2.09. The van der Waals surface area contributed by atoms with Crippen LogP contribution in [-0.2, 0) is 9.59 Å². The van der Waals surface area contributed by atoms with Crippen LogP contribution in [0.4, 0.5) is 0 Å². The monoisotopic (exact) mass is 234 g/mol. The zero-order valence-corrected chi connectivity index (χ0v) is 9.51. The van der Waals surface area contributed by atoms with Crippen molar-refractivity contribution >= 4 is 17.5 Å². The topological polar surface area (TPSA) is 74.6 Å². The highest BCUT2D eigenvalue weighted by Crippen LogP contribution is 2.24. The van der Waals surface area contributed by atoms with Gasteiger partial charge in [0.2, 0.25) is 0 Å². The van der Waals surface area contributed by atoms with E-state index in [1.807, 2.05) is 13.0 Å². The van der Waals surface area contributed by atoms with Crippen molar-refractivity contribution in [3.8, 4) is 0 Å². The first-order valence-corrected chi connectivity index (χ1v) is 5.28. The van der Waals surface area contributed by atoms with Crippen molar-refractivity contribution in [1.29, 1.82) is 0 Å². The second kappa shape index (κ2) is 5.84. The summed E-state index contributed by atoms with van der Waals surface area (Å²) < 4.78 is 0. The van der Waals surface area contributed by atoms with E-state index in [-0.39, 0.29) is 5.57 Å². The Kier molecular flexibility index (Phi) is 4.46. The minimum absolute atomic E-state index is 0.0498. The molecule has 1 aromatic carbocycles. The first-order chi connectivity index (χ1) is 8.06. The van der Waals surface area contributed by atoms with Crippen molar-refractivity contribution in [2.24, 2.45) is 0 Å². The van der Waals surface area contributed by atoms with E-state index in [1.54, 1.807) is 24.3 Å². The smallest absolute Gasteiger partial charge is 0.332 e. The molecule has 0 aromatic heterocycles. The number of allylic oxidation sites excluding steroid dienone is 1. The van der Waals surface area contributed by atoms with Crippen molar-refractivity contribution in [3.05, 3.63) is 41.5 Å². The molecule has 0 bridgehead atoms. The van der Waals surface area contributed by atoms with Gasteiger partial charge in [0.1, 0.15) is 0 Å². The molecule has 17 heavy (non-hydrogen) atoms. The summed E-state index contributed by atoms with van der Waals surface area (Å²) in [5.74, 6) is -2.31. The Morgan fingerprint density at radius 3 is 2.12 bits per heavy atom. The van der Waals surface area contributed by atoms with Crippen molar-refractivity contribution in [2.45, 2.75) is 19.8 Å². The van der Waals surface area contributed by atoms with Crippen LogP contribution in [0.5, 0.6) is 0 Å². The molecule has 0 saturated heterocycles. The van der Waals surface area contributed by atoms with Gasteiger partial charge in [0.25, 0.3) is 0 Å². The Hall–Kier alpha value is -2.10. The standard InChI is InChI=1S/C13H14O4/c1-2-10(9-6-4-3-5-7-9)11(13(16)17)8-12(14)15/h3-7H,2,8H2,1H3,(H,14,15)(H,16,17). The number of carboxylic acids is 2. The highest BCUT2D eigenvalue weighted by Gasteiger charge is 2.17. The van der Waals surface area contributed by atoms with Crippen molar-refractivity contribution in [2.75, 3.05) is 0 Å². The molecule has 1 rings (SSSR count). The van der Waals surface area contributed by atoms with E-state index in [2.05, 4.69) is 0 Å². The summed E-state index contributed by atoms with van der Waals surface area (Å²) >= 11 is 0. The zero-order chi connectivity index (χ0) is 12.8. The van der Waals surface area contributed by atoms with Gasteiger partial charge in [-0.3, -0.25) is 4.79 Å². The maximum atomic E-state index is 11.1. The molecule has 0 amide bonds. The molecule has 0 radical (unpaired) electrons. The maximum absolute atomic E-state index is 11.1. The summed E-state index contributed by atoms with van der Waals surface area (Å²) in [6.07, 6.45) is 0.0202. The second-order valence-corrected chi connectivity index (χ2v) is 3.55. The molecule has 0 heterocycles. The van der Waals surface area contributed by atoms with Gasteiger partial charge in [-0.25, -0.2) is 4.79 Å². The van der Waals surface area contributed by atoms with E-state index in [4.69, 9.17) is 10.2 Å². The van der Waals surface area contributed by atoms with Gasteiger partial charge in [-0.05, 0) is 17.6 Å². The minimum Gasteiger partial charge on any atom is -0.481 e. The molecule has 0 aliphatic carbocycles. The average Bonchev–Trinajstić information content (AvgIpc) is 2.29. The van der Waals surface area contributed by atoms with Gasteiger partial charge in [-0.15, -0.1) is 0 Å². The van der Waals surface area contributed by atoms with E-state index in [0.717, 1.165) is 5.56 Å². The van der Waals surface area contributed by atoms with E-state index in [9.17, 15) is 9.59 Å². The number of hydrogen-bond acceptors (Lipinski definition) is 2. The SMILES string of the molecule is CCC(=C(CC(=O)O)C(=O)O)c1ccccc1. The Morgan fingerprint density at radius 1 is 1.12 bits per heavy atom. The van der Waals surface area contributed by atoms with E-state index < -0.39 is 18.4 Å². The summed E-state index contributed by atoms with van der Waals surface area (Å²) in [4.78, 5) is 21.8. The Labute approximate surface area is 99.2 Å². The molecule has 0 spiro atoms. The summed E-state index contributed by atoms with van der Waals surface area (Å²) in [7, 11) is 0. The van der Waals surface area contributed by atoms with Gasteiger partial charge in [0.15, 0.2) is 0 Å². The van der Waals surface area contributed by atoms with E-state index in [1.165, 1.54) is 0 Å². The molecule has 1 aromatic rings. The molecular weight excluding hydrogens is 220 g/mol. The van der Waals surface area contributed by atoms with Crippen LogP contribution in [0.2, 0.25) is 0 Å². The van der Waals surface area contributed by atoms with Crippen LogP contribution in [0.25, 0.3) is 5.57 Å². The first-order valence-electron chi connectivity index (χ1n) is 5.28. The second-order valence-electron chi connectivity index (χ2n) is 3.55. The summed E-state index contributed by atoms with van der Waals surface area (Å²) in [6, 6.07) is 8.98. The molecule has 2 N–H and O–H groups in total. The van der Waals surface area contributed by atoms with Gasteiger partial charge in [-0.1, -0.05) is 37.3 Å².